The number of rotatable bonds is 2. The van der Waals surface area contributed by atoms with Gasteiger partial charge in [-0.25, -0.2) is 0 Å². The number of nitrogens with zero attached hydrogens (tertiary/aromatic N) is 2. The summed E-state index contributed by atoms with van der Waals surface area (Å²) in [6.45, 7) is 4.12. The van der Waals surface area contributed by atoms with Crippen molar-refractivity contribution in [1.82, 2.24) is 9.47 Å². The van der Waals surface area contributed by atoms with Gasteiger partial charge in [-0.05, 0) is 32.3 Å². The number of hydrogen-bond acceptors (Lipinski definition) is 3. The maximum atomic E-state index is 12.7. The third-order valence-corrected chi connectivity index (χ3v) is 4.22. The van der Waals surface area contributed by atoms with E-state index in [0.29, 0.717) is 24.5 Å². The molecule has 2 fully saturated rings. The highest BCUT2D eigenvalue weighted by Gasteiger charge is 2.39. The molecule has 2 heterocycles. The van der Waals surface area contributed by atoms with E-state index in [4.69, 9.17) is 10.5 Å². The highest BCUT2D eigenvalue weighted by Crippen LogP contribution is 2.30. The number of fused-ring (bicyclic) bond motifs is 1. The maximum absolute atomic E-state index is 12.7. The summed E-state index contributed by atoms with van der Waals surface area (Å²) >= 11 is 0. The molecular formula is C14H21N3O2. The number of aryl methyl sites for hydroxylation is 1. The van der Waals surface area contributed by atoms with Gasteiger partial charge in [0.05, 0.1) is 24.4 Å². The molecule has 1 aliphatic carbocycles. The number of hydrogen-bond donors (Lipinski definition) is 1. The normalized spacial score (nSPS) is 26.5. The Bertz CT molecular complexity index is 483. The molecule has 5 nitrogen and oxygen atoms in total. The first-order chi connectivity index (χ1) is 9.20. The van der Waals surface area contributed by atoms with Crippen molar-refractivity contribution < 1.29 is 9.53 Å². The minimum absolute atomic E-state index is 0.0961. The van der Waals surface area contributed by atoms with Crippen molar-refractivity contribution in [2.75, 3.05) is 18.9 Å². The summed E-state index contributed by atoms with van der Waals surface area (Å²) in [4.78, 5) is 14.7. The van der Waals surface area contributed by atoms with E-state index in [0.717, 1.165) is 25.8 Å². The van der Waals surface area contributed by atoms with Crippen LogP contribution in [0, 0.1) is 0 Å². The molecule has 0 radical (unpaired) electrons. The molecule has 3 rings (SSSR count). The fourth-order valence-electron chi connectivity index (χ4n) is 3.30. The molecule has 104 valence electrons. The molecule has 2 unspecified atom stereocenters. The smallest absolute Gasteiger partial charge is 0.270 e. The van der Waals surface area contributed by atoms with Crippen LogP contribution in [0.3, 0.4) is 0 Å². The number of morpholine rings is 1. The van der Waals surface area contributed by atoms with E-state index in [9.17, 15) is 4.79 Å². The minimum atomic E-state index is 0.0961. The Labute approximate surface area is 113 Å². The summed E-state index contributed by atoms with van der Waals surface area (Å²) < 4.78 is 7.68. The number of anilines is 1. The number of nitrogens with two attached hydrogens (primary N) is 1. The van der Waals surface area contributed by atoms with Gasteiger partial charge in [-0.2, -0.15) is 0 Å². The third-order valence-electron chi connectivity index (χ3n) is 4.22. The number of nitrogen functional groups attached to an aromatic ring is 1. The fourth-order valence-corrected chi connectivity index (χ4v) is 3.30. The minimum Gasteiger partial charge on any atom is -0.397 e. The van der Waals surface area contributed by atoms with Gasteiger partial charge in [0.2, 0.25) is 0 Å². The van der Waals surface area contributed by atoms with Crippen LogP contribution < -0.4 is 5.73 Å². The van der Waals surface area contributed by atoms with Crippen LogP contribution in [0.2, 0.25) is 0 Å². The molecule has 0 aromatic carbocycles. The predicted molar refractivity (Wildman–Crippen MR) is 72.9 cm³/mol. The first-order valence-corrected chi connectivity index (χ1v) is 7.09. The lowest BCUT2D eigenvalue weighted by molar-refractivity contribution is -0.0448. The van der Waals surface area contributed by atoms with Crippen LogP contribution in [0.5, 0.6) is 0 Å². The second-order valence-electron chi connectivity index (χ2n) is 5.35. The van der Waals surface area contributed by atoms with Gasteiger partial charge >= 0.3 is 0 Å². The van der Waals surface area contributed by atoms with Crippen molar-refractivity contribution in [3.8, 4) is 0 Å². The van der Waals surface area contributed by atoms with Gasteiger partial charge in [0.15, 0.2) is 0 Å². The SMILES string of the molecule is CCn1cc(N)cc1C(=O)N1CCOC2CCCC21. The third kappa shape index (κ3) is 2.12. The van der Waals surface area contributed by atoms with Crippen molar-refractivity contribution in [2.45, 2.75) is 44.9 Å². The van der Waals surface area contributed by atoms with E-state index >= 15 is 0 Å². The summed E-state index contributed by atoms with van der Waals surface area (Å²) in [5.41, 5.74) is 7.17. The quantitative estimate of drug-likeness (QED) is 0.879. The molecule has 2 N–H and O–H groups in total. The topological polar surface area (TPSA) is 60.5 Å². The van der Waals surface area contributed by atoms with Gasteiger partial charge in [0.1, 0.15) is 5.69 Å². The fraction of sp³-hybridized carbons (Fsp3) is 0.643. The Morgan fingerprint density at radius 2 is 2.37 bits per heavy atom. The van der Waals surface area contributed by atoms with Gasteiger partial charge in [0, 0.05) is 19.3 Å². The second-order valence-corrected chi connectivity index (χ2v) is 5.35. The number of amides is 1. The van der Waals surface area contributed by atoms with Crippen LogP contribution in [0.4, 0.5) is 5.69 Å². The molecule has 1 saturated heterocycles. The molecule has 0 bridgehead atoms. The van der Waals surface area contributed by atoms with Crippen LogP contribution >= 0.6 is 0 Å². The number of carbonyl (C=O) groups is 1. The lowest BCUT2D eigenvalue weighted by atomic mass is 10.1. The Morgan fingerprint density at radius 1 is 1.53 bits per heavy atom. The Hall–Kier alpha value is -1.49. The molecule has 1 amide bonds. The van der Waals surface area contributed by atoms with Crippen LogP contribution in [0.15, 0.2) is 12.3 Å². The van der Waals surface area contributed by atoms with E-state index in [1.807, 2.05) is 22.6 Å². The zero-order valence-corrected chi connectivity index (χ0v) is 11.3. The molecule has 1 aromatic rings. The van der Waals surface area contributed by atoms with Crippen LogP contribution in [0.25, 0.3) is 0 Å². The molecule has 1 aliphatic heterocycles. The molecular weight excluding hydrogens is 242 g/mol. The van der Waals surface area contributed by atoms with E-state index in [-0.39, 0.29) is 18.1 Å². The van der Waals surface area contributed by atoms with E-state index in [2.05, 4.69) is 0 Å². The van der Waals surface area contributed by atoms with Crippen molar-refractivity contribution in [2.24, 2.45) is 0 Å². The Balaban J connectivity index is 1.86. The van der Waals surface area contributed by atoms with Gasteiger partial charge in [-0.1, -0.05) is 0 Å². The highest BCUT2D eigenvalue weighted by molar-refractivity contribution is 5.94. The summed E-state index contributed by atoms with van der Waals surface area (Å²) in [6.07, 6.45) is 5.35. The average molecular weight is 263 g/mol. The van der Waals surface area contributed by atoms with Gasteiger partial charge in [-0.3, -0.25) is 4.79 Å². The second kappa shape index (κ2) is 4.89. The van der Waals surface area contributed by atoms with Crippen molar-refractivity contribution in [3.63, 3.8) is 0 Å². The van der Waals surface area contributed by atoms with E-state index in [1.165, 1.54) is 0 Å². The lowest BCUT2D eigenvalue weighted by Gasteiger charge is -2.37. The van der Waals surface area contributed by atoms with Crippen molar-refractivity contribution >= 4 is 11.6 Å². The number of carbonyl (C=O) groups excluding carboxylic acids is 1. The highest BCUT2D eigenvalue weighted by atomic mass is 16.5. The molecule has 2 aliphatic rings. The number of ether oxygens (including phenoxy) is 1. The molecule has 0 spiro atoms. The molecule has 1 aromatic heterocycles. The first kappa shape index (κ1) is 12.5. The molecule has 2 atom stereocenters. The Kier molecular flexibility index (Phi) is 3.22. The first-order valence-electron chi connectivity index (χ1n) is 7.09. The van der Waals surface area contributed by atoms with Crippen LogP contribution in [0.1, 0.15) is 36.7 Å². The van der Waals surface area contributed by atoms with Crippen LogP contribution in [-0.2, 0) is 11.3 Å². The molecule has 1 saturated carbocycles. The van der Waals surface area contributed by atoms with Crippen molar-refractivity contribution in [3.05, 3.63) is 18.0 Å². The largest absolute Gasteiger partial charge is 0.397 e. The molecule has 5 heteroatoms. The Morgan fingerprint density at radius 3 is 3.16 bits per heavy atom. The monoisotopic (exact) mass is 263 g/mol. The zero-order chi connectivity index (χ0) is 13.4. The van der Waals surface area contributed by atoms with E-state index < -0.39 is 0 Å². The van der Waals surface area contributed by atoms with Crippen molar-refractivity contribution in [1.29, 1.82) is 0 Å². The van der Waals surface area contributed by atoms with Crippen LogP contribution in [-0.4, -0.2) is 40.7 Å². The summed E-state index contributed by atoms with van der Waals surface area (Å²) in [6, 6.07) is 2.04. The van der Waals surface area contributed by atoms with Gasteiger partial charge < -0.3 is 19.9 Å². The summed E-state index contributed by atoms with van der Waals surface area (Å²) in [5, 5.41) is 0. The number of aromatic nitrogens is 1. The molecule has 19 heavy (non-hydrogen) atoms. The zero-order valence-electron chi connectivity index (χ0n) is 11.3. The average Bonchev–Trinajstić information content (AvgIpc) is 3.03. The van der Waals surface area contributed by atoms with Gasteiger partial charge in [-0.15, -0.1) is 0 Å². The van der Waals surface area contributed by atoms with Gasteiger partial charge in [0.25, 0.3) is 5.91 Å². The summed E-state index contributed by atoms with van der Waals surface area (Å²) in [7, 11) is 0. The predicted octanol–water partition coefficient (Wildman–Crippen LogP) is 1.48. The lowest BCUT2D eigenvalue weighted by Crippen LogP contribution is -2.51. The maximum Gasteiger partial charge on any atom is 0.270 e. The van der Waals surface area contributed by atoms with E-state index in [1.54, 1.807) is 6.07 Å². The summed E-state index contributed by atoms with van der Waals surface area (Å²) in [5.74, 6) is 0.0961. The standard InChI is InChI=1S/C14H21N3O2/c1-2-16-9-10(15)8-12(16)14(18)17-6-7-19-13-5-3-4-11(13)17/h8-9,11,13H,2-7,15H2,1H3.